The Bertz CT molecular complexity index is 1830. The van der Waals surface area contributed by atoms with Crippen molar-refractivity contribution in [2.75, 3.05) is 24.3 Å². The molecule has 6 rings (SSSR count). The first-order valence-electron chi connectivity index (χ1n) is 12.3. The average Bonchev–Trinajstić information content (AvgIpc) is 3.43. The lowest BCUT2D eigenvalue weighted by molar-refractivity contribution is 0.774. The summed E-state index contributed by atoms with van der Waals surface area (Å²) in [7, 11) is 4.03. The number of aromatic nitrogens is 4. The number of para-hydroxylation sites is 1. The van der Waals surface area contributed by atoms with Crippen LogP contribution in [0.1, 0.15) is 18.7 Å². The molecule has 0 saturated carbocycles. The Hall–Kier alpha value is -4.56. The first-order chi connectivity index (χ1) is 18.5. The standard InChI is InChI=1S/C30H26N6OS/c1-19(34-28-27-29(32-17-31-28)38-18-33-27)25-16-21-10-8-14-24(20-9-7-13-23(15-20)35(2)3)26(21)30(37)36(25)22-11-5-4-6-12-22/h4-19H,1-3H3,(H,31,32,34)/t19-/m0/s1. The fourth-order valence-electron chi connectivity index (χ4n) is 4.82. The molecule has 0 saturated heterocycles. The van der Waals surface area contributed by atoms with E-state index in [0.717, 1.165) is 43.9 Å². The van der Waals surface area contributed by atoms with Crippen LogP contribution in [0.25, 0.3) is 37.9 Å². The summed E-state index contributed by atoms with van der Waals surface area (Å²) in [5.41, 5.74) is 7.05. The summed E-state index contributed by atoms with van der Waals surface area (Å²) in [4.78, 5) is 30.4. The minimum absolute atomic E-state index is 0.0651. The SMILES string of the molecule is C[C@H](Nc1ncnc2scnc12)c1cc2cccc(-c3cccc(N(C)C)c3)c2c(=O)n1-c1ccccc1. The molecule has 8 heteroatoms. The van der Waals surface area contributed by atoms with E-state index in [4.69, 9.17) is 0 Å². The van der Waals surface area contributed by atoms with Gasteiger partial charge in [0.1, 0.15) is 16.7 Å². The van der Waals surface area contributed by atoms with Crippen LogP contribution in [0.5, 0.6) is 0 Å². The van der Waals surface area contributed by atoms with Crippen molar-refractivity contribution in [2.45, 2.75) is 13.0 Å². The third kappa shape index (κ3) is 4.18. The van der Waals surface area contributed by atoms with Crippen molar-refractivity contribution in [2.24, 2.45) is 0 Å². The van der Waals surface area contributed by atoms with E-state index < -0.39 is 0 Å². The zero-order chi connectivity index (χ0) is 26.2. The zero-order valence-electron chi connectivity index (χ0n) is 21.3. The van der Waals surface area contributed by atoms with Crippen molar-refractivity contribution < 1.29 is 0 Å². The minimum atomic E-state index is -0.243. The molecule has 0 amide bonds. The molecule has 0 unspecified atom stereocenters. The van der Waals surface area contributed by atoms with E-state index in [1.54, 1.807) is 10.1 Å². The third-order valence-electron chi connectivity index (χ3n) is 6.69. The average molecular weight is 519 g/mol. The highest BCUT2D eigenvalue weighted by Gasteiger charge is 2.20. The Labute approximate surface area is 224 Å². The predicted molar refractivity (Wildman–Crippen MR) is 157 cm³/mol. The van der Waals surface area contributed by atoms with Crippen molar-refractivity contribution >= 4 is 44.0 Å². The molecule has 3 aromatic heterocycles. The number of thiazole rings is 1. The summed E-state index contributed by atoms with van der Waals surface area (Å²) in [6.07, 6.45) is 1.54. The van der Waals surface area contributed by atoms with E-state index in [-0.39, 0.29) is 11.6 Å². The van der Waals surface area contributed by atoms with Crippen LogP contribution in [0.15, 0.2) is 95.5 Å². The van der Waals surface area contributed by atoms with Crippen LogP contribution < -0.4 is 15.8 Å². The van der Waals surface area contributed by atoms with E-state index in [9.17, 15) is 4.79 Å². The summed E-state index contributed by atoms with van der Waals surface area (Å²) < 4.78 is 1.80. The molecule has 0 spiro atoms. The molecule has 0 aliphatic heterocycles. The topological polar surface area (TPSA) is 75.9 Å². The normalized spacial score (nSPS) is 12.1. The van der Waals surface area contributed by atoms with E-state index in [1.807, 2.05) is 75.6 Å². The summed E-state index contributed by atoms with van der Waals surface area (Å²) in [5.74, 6) is 0.644. The van der Waals surface area contributed by atoms with Crippen LogP contribution >= 0.6 is 11.3 Å². The van der Waals surface area contributed by atoms with Crippen LogP contribution in [0.4, 0.5) is 11.5 Å². The first-order valence-corrected chi connectivity index (χ1v) is 13.2. The van der Waals surface area contributed by atoms with Crippen LogP contribution in [0.3, 0.4) is 0 Å². The smallest absolute Gasteiger partial charge is 0.263 e. The van der Waals surface area contributed by atoms with Crippen molar-refractivity contribution in [3.8, 4) is 16.8 Å². The van der Waals surface area contributed by atoms with E-state index in [0.29, 0.717) is 11.2 Å². The van der Waals surface area contributed by atoms with E-state index >= 15 is 0 Å². The second-order valence-corrected chi connectivity index (χ2v) is 10.2. The summed E-state index contributed by atoms with van der Waals surface area (Å²) in [5, 5.41) is 5.06. The Kier molecular flexibility index (Phi) is 6.09. The largest absolute Gasteiger partial charge is 0.378 e. The fourth-order valence-corrected chi connectivity index (χ4v) is 5.44. The van der Waals surface area contributed by atoms with Gasteiger partial charge in [0, 0.05) is 31.2 Å². The molecule has 6 aromatic rings. The number of anilines is 2. The van der Waals surface area contributed by atoms with Crippen LogP contribution in [-0.2, 0) is 0 Å². The van der Waals surface area contributed by atoms with Gasteiger partial charge in [-0.05, 0) is 53.8 Å². The molecule has 0 aliphatic rings. The first kappa shape index (κ1) is 23.8. The molecule has 3 heterocycles. The lowest BCUT2D eigenvalue weighted by Gasteiger charge is -2.22. The van der Waals surface area contributed by atoms with E-state index in [1.165, 1.54) is 17.7 Å². The number of hydrogen-bond acceptors (Lipinski definition) is 7. The molecule has 0 aliphatic carbocycles. The van der Waals surface area contributed by atoms with Gasteiger partial charge in [0.25, 0.3) is 5.56 Å². The maximum absolute atomic E-state index is 14.4. The van der Waals surface area contributed by atoms with Gasteiger partial charge in [-0.3, -0.25) is 9.36 Å². The Morgan fingerprint density at radius 3 is 2.55 bits per heavy atom. The summed E-state index contributed by atoms with van der Waals surface area (Å²) >= 11 is 1.47. The van der Waals surface area contributed by atoms with Crippen molar-refractivity contribution in [1.82, 2.24) is 19.5 Å². The maximum Gasteiger partial charge on any atom is 0.263 e. The number of rotatable bonds is 6. The number of hydrogen-bond donors (Lipinski definition) is 1. The van der Waals surface area contributed by atoms with Gasteiger partial charge in [-0.2, -0.15) is 0 Å². The lowest BCUT2D eigenvalue weighted by atomic mass is 9.97. The van der Waals surface area contributed by atoms with Gasteiger partial charge in [-0.1, -0.05) is 48.5 Å². The highest BCUT2D eigenvalue weighted by Crippen LogP contribution is 2.32. The maximum atomic E-state index is 14.4. The van der Waals surface area contributed by atoms with Gasteiger partial charge >= 0.3 is 0 Å². The van der Waals surface area contributed by atoms with Gasteiger partial charge in [-0.25, -0.2) is 15.0 Å². The molecule has 3 aromatic carbocycles. The number of benzene rings is 3. The van der Waals surface area contributed by atoms with Gasteiger partial charge in [0.15, 0.2) is 5.82 Å². The van der Waals surface area contributed by atoms with Gasteiger partial charge in [0.05, 0.1) is 16.9 Å². The van der Waals surface area contributed by atoms with E-state index in [2.05, 4.69) is 49.4 Å². The second kappa shape index (κ2) is 9.72. The fraction of sp³-hybridized carbons (Fsp3) is 0.133. The zero-order valence-corrected chi connectivity index (χ0v) is 22.1. The molecule has 38 heavy (non-hydrogen) atoms. The molecule has 1 N–H and O–H groups in total. The molecule has 1 atom stereocenters. The minimum Gasteiger partial charge on any atom is -0.378 e. The summed E-state index contributed by atoms with van der Waals surface area (Å²) in [6.45, 7) is 2.03. The summed E-state index contributed by atoms with van der Waals surface area (Å²) in [6, 6.07) is 25.9. The Morgan fingerprint density at radius 2 is 1.74 bits per heavy atom. The third-order valence-corrected chi connectivity index (χ3v) is 7.43. The van der Waals surface area contributed by atoms with Gasteiger partial charge in [-0.15, -0.1) is 11.3 Å². The predicted octanol–water partition coefficient (Wildman–Crippen LogP) is 6.30. The van der Waals surface area contributed by atoms with Gasteiger partial charge < -0.3 is 10.2 Å². The van der Waals surface area contributed by atoms with Crippen molar-refractivity contribution in [3.05, 3.63) is 107 Å². The monoisotopic (exact) mass is 518 g/mol. The Morgan fingerprint density at radius 1 is 0.921 bits per heavy atom. The van der Waals surface area contributed by atoms with Crippen LogP contribution in [0, 0.1) is 0 Å². The number of nitrogens with zero attached hydrogens (tertiary/aromatic N) is 5. The molecule has 0 fully saturated rings. The second-order valence-electron chi connectivity index (χ2n) is 9.35. The lowest BCUT2D eigenvalue weighted by Crippen LogP contribution is -2.26. The molecule has 0 bridgehead atoms. The number of nitrogens with one attached hydrogen (secondary N) is 1. The van der Waals surface area contributed by atoms with Crippen LogP contribution in [-0.4, -0.2) is 33.6 Å². The highest BCUT2D eigenvalue weighted by molar-refractivity contribution is 7.16. The quantitative estimate of drug-likeness (QED) is 0.279. The molecule has 0 radical (unpaired) electrons. The number of fused-ring (bicyclic) bond motifs is 2. The molecule has 7 nitrogen and oxygen atoms in total. The highest BCUT2D eigenvalue weighted by atomic mass is 32.1. The Balaban J connectivity index is 1.56. The van der Waals surface area contributed by atoms with Crippen LogP contribution in [0.2, 0.25) is 0 Å². The molecule has 188 valence electrons. The number of pyridine rings is 1. The molecular weight excluding hydrogens is 492 g/mol. The van der Waals surface area contributed by atoms with Gasteiger partial charge in [0.2, 0.25) is 0 Å². The molecular formula is C30H26N6OS. The van der Waals surface area contributed by atoms with Crippen molar-refractivity contribution in [1.29, 1.82) is 0 Å². The van der Waals surface area contributed by atoms with Crippen molar-refractivity contribution in [3.63, 3.8) is 0 Å².